The van der Waals surface area contributed by atoms with Gasteiger partial charge >= 0.3 is 0 Å². The summed E-state index contributed by atoms with van der Waals surface area (Å²) < 4.78 is 5.60. The number of thiocarbonyl (C=S) groups is 1. The molecular weight excluding hydrogens is 336 g/mol. The van der Waals surface area contributed by atoms with Crippen molar-refractivity contribution >= 4 is 57.2 Å². The molecule has 0 atom stereocenters. The molecule has 8 heteroatoms. The lowest BCUT2D eigenvalue weighted by Crippen LogP contribution is -2.43. The van der Waals surface area contributed by atoms with Gasteiger partial charge in [0.25, 0.3) is 5.91 Å². The average Bonchev–Trinajstić information content (AvgIpc) is 2.77. The second-order valence-corrected chi connectivity index (χ2v) is 6.38. The molecule has 116 valence electrons. The lowest BCUT2D eigenvalue weighted by molar-refractivity contribution is -0.131. The number of nitrogens with one attached hydrogen (secondary N) is 1. The molecule has 2 amide bonds. The summed E-state index contributed by atoms with van der Waals surface area (Å²) in [6, 6.07) is 6.85. The van der Waals surface area contributed by atoms with Gasteiger partial charge < -0.3 is 4.42 Å². The zero-order valence-electron chi connectivity index (χ0n) is 11.9. The van der Waals surface area contributed by atoms with Gasteiger partial charge in [-0.25, -0.2) is 0 Å². The minimum absolute atomic E-state index is 0.196. The van der Waals surface area contributed by atoms with E-state index in [0.717, 1.165) is 16.8 Å². The smallest absolute Gasteiger partial charge is 0.285 e. The van der Waals surface area contributed by atoms with Crippen LogP contribution in [0.3, 0.4) is 0 Å². The van der Waals surface area contributed by atoms with Crippen LogP contribution in [0.4, 0.5) is 0 Å². The number of hydrogen-bond acceptors (Lipinski definition) is 6. The largest absolute Gasteiger partial charge is 0.463 e. The minimum Gasteiger partial charge on any atom is -0.463 e. The summed E-state index contributed by atoms with van der Waals surface area (Å²) in [6.07, 6.45) is 2.72. The van der Waals surface area contributed by atoms with E-state index in [1.165, 1.54) is 19.3 Å². The third-order valence-corrected chi connectivity index (χ3v) is 4.36. The molecule has 1 N–H and O–H groups in total. The third kappa shape index (κ3) is 2.90. The average molecular weight is 346 g/mol. The fraction of sp³-hybridized carbons (Fsp3) is 0.0667. The number of thioether (sulfide) groups is 1. The van der Waals surface area contributed by atoms with Gasteiger partial charge in [0.1, 0.15) is 11.8 Å². The number of amides is 2. The van der Waals surface area contributed by atoms with Crippen LogP contribution in [0.15, 0.2) is 44.6 Å². The molecule has 1 aromatic carbocycles. The molecular formula is C15H10N2O4S2. The summed E-state index contributed by atoms with van der Waals surface area (Å²) in [4.78, 5) is 36.0. The molecule has 0 unspecified atom stereocenters. The fourth-order valence-electron chi connectivity index (χ4n) is 2.06. The van der Waals surface area contributed by atoms with Crippen LogP contribution in [0.2, 0.25) is 0 Å². The number of carbonyl (C=O) groups excluding carboxylic acids is 2. The van der Waals surface area contributed by atoms with E-state index in [0.29, 0.717) is 11.0 Å². The van der Waals surface area contributed by atoms with Crippen LogP contribution in [-0.2, 0) is 9.59 Å². The van der Waals surface area contributed by atoms with Crippen molar-refractivity contribution in [3.05, 3.63) is 51.2 Å². The van der Waals surface area contributed by atoms with E-state index in [1.807, 2.05) is 0 Å². The van der Waals surface area contributed by atoms with Crippen molar-refractivity contribution in [1.82, 2.24) is 10.4 Å². The Kier molecular flexibility index (Phi) is 4.01. The van der Waals surface area contributed by atoms with Gasteiger partial charge in [0.15, 0.2) is 9.75 Å². The van der Waals surface area contributed by atoms with Crippen molar-refractivity contribution in [2.45, 2.75) is 6.92 Å². The predicted molar refractivity (Wildman–Crippen MR) is 91.3 cm³/mol. The van der Waals surface area contributed by atoms with Crippen molar-refractivity contribution < 1.29 is 14.0 Å². The molecule has 2 heterocycles. The quantitative estimate of drug-likeness (QED) is 0.662. The van der Waals surface area contributed by atoms with Crippen LogP contribution in [-0.4, -0.2) is 21.1 Å². The molecule has 2 aromatic rings. The van der Waals surface area contributed by atoms with Crippen LogP contribution in [0.1, 0.15) is 12.5 Å². The van der Waals surface area contributed by atoms with Crippen molar-refractivity contribution in [1.29, 1.82) is 0 Å². The van der Waals surface area contributed by atoms with E-state index < -0.39 is 11.8 Å². The van der Waals surface area contributed by atoms with Crippen molar-refractivity contribution in [2.24, 2.45) is 0 Å². The van der Waals surface area contributed by atoms with E-state index in [2.05, 4.69) is 5.43 Å². The first-order chi connectivity index (χ1) is 11.0. The number of nitrogens with zero attached hydrogens (tertiary/aromatic N) is 1. The van der Waals surface area contributed by atoms with Gasteiger partial charge in [0.2, 0.25) is 5.91 Å². The minimum atomic E-state index is -0.484. The van der Waals surface area contributed by atoms with E-state index >= 15 is 0 Å². The van der Waals surface area contributed by atoms with Gasteiger partial charge in [-0.3, -0.25) is 19.8 Å². The molecule has 1 aromatic heterocycles. The van der Waals surface area contributed by atoms with Crippen LogP contribution < -0.4 is 10.9 Å². The highest BCUT2D eigenvalue weighted by molar-refractivity contribution is 8.26. The number of rotatable bonds is 2. The highest BCUT2D eigenvalue weighted by Gasteiger charge is 2.33. The van der Waals surface area contributed by atoms with Gasteiger partial charge in [0, 0.05) is 6.92 Å². The molecule has 1 saturated heterocycles. The van der Waals surface area contributed by atoms with Gasteiger partial charge in [-0.2, -0.15) is 5.01 Å². The number of benzene rings is 1. The lowest BCUT2D eigenvalue weighted by Gasteiger charge is -2.13. The molecule has 0 radical (unpaired) electrons. The first-order valence-electron chi connectivity index (χ1n) is 6.53. The van der Waals surface area contributed by atoms with E-state index in [9.17, 15) is 14.4 Å². The monoisotopic (exact) mass is 346 g/mol. The summed E-state index contributed by atoms with van der Waals surface area (Å²) >= 11 is 6.06. The summed E-state index contributed by atoms with van der Waals surface area (Å²) in [5, 5.41) is 1.41. The molecule has 1 aliphatic heterocycles. The standard InChI is InChI=1S/C15H10N2O4S2/c1-8(18)16-17-14(20)12(23-15(17)22)6-9-7-21-11-5-3-2-4-10(11)13(9)19/h2-7H,1H3,(H,16,18)/b12-6-. The summed E-state index contributed by atoms with van der Waals surface area (Å²) in [5.41, 5.74) is 2.82. The fourth-order valence-corrected chi connectivity index (χ4v) is 3.23. The molecule has 0 spiro atoms. The lowest BCUT2D eigenvalue weighted by atomic mass is 10.1. The Labute approximate surface area is 140 Å². The second kappa shape index (κ2) is 5.98. The summed E-state index contributed by atoms with van der Waals surface area (Å²) in [7, 11) is 0. The molecule has 1 fully saturated rings. The van der Waals surface area contributed by atoms with Crippen LogP contribution >= 0.6 is 24.0 Å². The molecule has 0 bridgehead atoms. The maximum atomic E-state index is 12.4. The number of carbonyl (C=O) groups is 2. The molecule has 3 rings (SSSR count). The van der Waals surface area contributed by atoms with Gasteiger partial charge in [-0.05, 0) is 30.4 Å². The Morgan fingerprint density at radius 2 is 2.09 bits per heavy atom. The third-order valence-electron chi connectivity index (χ3n) is 3.06. The molecule has 0 aliphatic carbocycles. The van der Waals surface area contributed by atoms with Crippen molar-refractivity contribution in [3.63, 3.8) is 0 Å². The number of hydrazine groups is 1. The first-order valence-corrected chi connectivity index (χ1v) is 7.75. The van der Waals surface area contributed by atoms with E-state index in [1.54, 1.807) is 24.3 Å². The van der Waals surface area contributed by atoms with Crippen LogP contribution in [0.5, 0.6) is 0 Å². The Morgan fingerprint density at radius 3 is 2.83 bits per heavy atom. The maximum Gasteiger partial charge on any atom is 0.285 e. The van der Waals surface area contributed by atoms with Crippen molar-refractivity contribution in [2.75, 3.05) is 0 Å². The molecule has 1 aliphatic rings. The Hall–Kier alpha value is -2.45. The summed E-state index contributed by atoms with van der Waals surface area (Å²) in [5.74, 6) is -0.893. The zero-order chi connectivity index (χ0) is 16.6. The highest BCUT2D eigenvalue weighted by atomic mass is 32.2. The topological polar surface area (TPSA) is 79.6 Å². The summed E-state index contributed by atoms with van der Waals surface area (Å²) in [6.45, 7) is 1.28. The first kappa shape index (κ1) is 15.4. The number of fused-ring (bicyclic) bond motifs is 1. The maximum absolute atomic E-state index is 12.4. The van der Waals surface area contributed by atoms with E-state index in [-0.39, 0.29) is 20.2 Å². The van der Waals surface area contributed by atoms with E-state index in [4.69, 9.17) is 16.6 Å². The van der Waals surface area contributed by atoms with Gasteiger partial charge in [-0.15, -0.1) is 0 Å². The SMILES string of the molecule is CC(=O)NN1C(=O)/C(=C/c2coc3ccccc3c2=O)SC1=S. The number of para-hydroxylation sites is 1. The Morgan fingerprint density at radius 1 is 1.35 bits per heavy atom. The van der Waals surface area contributed by atoms with Crippen LogP contribution in [0, 0.1) is 0 Å². The predicted octanol–water partition coefficient (Wildman–Crippen LogP) is 2.05. The number of hydrogen-bond donors (Lipinski definition) is 1. The highest BCUT2D eigenvalue weighted by Crippen LogP contribution is 2.31. The molecule has 23 heavy (non-hydrogen) atoms. The van der Waals surface area contributed by atoms with Gasteiger partial charge in [0.05, 0.1) is 15.9 Å². The normalized spacial score (nSPS) is 16.4. The molecule has 0 saturated carbocycles. The Balaban J connectivity index is 2.01. The van der Waals surface area contributed by atoms with Crippen LogP contribution in [0.25, 0.3) is 17.0 Å². The molecule has 6 nitrogen and oxygen atoms in total. The Bertz CT molecular complexity index is 932. The zero-order valence-corrected chi connectivity index (χ0v) is 13.5. The van der Waals surface area contributed by atoms with Gasteiger partial charge in [-0.1, -0.05) is 23.9 Å². The van der Waals surface area contributed by atoms with Crippen molar-refractivity contribution in [3.8, 4) is 0 Å². The second-order valence-electron chi connectivity index (χ2n) is 4.70.